The van der Waals surface area contributed by atoms with Crippen LogP contribution in [0.4, 0.5) is 0 Å². The summed E-state index contributed by atoms with van der Waals surface area (Å²) < 4.78 is 0. The number of hydrogen-bond acceptors (Lipinski definition) is 3. The minimum absolute atomic E-state index is 0.131. The molecular weight excluding hydrogens is 232 g/mol. The van der Waals surface area contributed by atoms with E-state index in [0.29, 0.717) is 16.6 Å². The van der Waals surface area contributed by atoms with E-state index in [1.165, 1.54) is 6.20 Å². The number of fused-ring (bicyclic) bond motifs is 1. The Morgan fingerprint density at radius 1 is 1.50 bits per heavy atom. The molecule has 0 aliphatic heterocycles. The van der Waals surface area contributed by atoms with Gasteiger partial charge in [-0.2, -0.15) is 0 Å². The van der Waals surface area contributed by atoms with Gasteiger partial charge in [0.05, 0.1) is 11.1 Å². The van der Waals surface area contributed by atoms with Crippen LogP contribution >= 0.6 is 11.6 Å². The Hall–Kier alpha value is -1.88. The third-order valence-electron chi connectivity index (χ3n) is 2.28. The van der Waals surface area contributed by atoms with Crippen LogP contribution in [0, 0.1) is 6.92 Å². The van der Waals surface area contributed by atoms with Crippen LogP contribution in [-0.4, -0.2) is 26.8 Å². The normalized spacial score (nSPS) is 10.6. The number of aromatic amines is 1. The van der Waals surface area contributed by atoms with E-state index < -0.39 is 11.8 Å². The van der Waals surface area contributed by atoms with E-state index in [1.807, 2.05) is 0 Å². The molecule has 82 valence electrons. The Bertz CT molecular complexity index is 603. The highest BCUT2D eigenvalue weighted by Crippen LogP contribution is 2.26. The number of aryl methyl sites for hydroxylation is 1. The lowest BCUT2D eigenvalue weighted by Crippen LogP contribution is -2.13. The van der Waals surface area contributed by atoms with Gasteiger partial charge in [-0.1, -0.05) is 11.6 Å². The van der Waals surface area contributed by atoms with Gasteiger partial charge in [0.2, 0.25) is 0 Å². The molecule has 0 bridgehead atoms. The molecule has 6 heteroatoms. The van der Waals surface area contributed by atoms with Crippen LogP contribution in [0.1, 0.15) is 16.1 Å². The molecule has 2 heterocycles. The number of nitrogens with one attached hydrogen (secondary N) is 1. The summed E-state index contributed by atoms with van der Waals surface area (Å²) >= 11 is 5.83. The van der Waals surface area contributed by atoms with Gasteiger partial charge in [-0.3, -0.25) is 4.79 Å². The first-order valence-electron chi connectivity index (χ1n) is 4.42. The highest BCUT2D eigenvalue weighted by Gasteiger charge is 2.22. The molecular formula is C10H7ClN2O3. The van der Waals surface area contributed by atoms with Crippen molar-refractivity contribution >= 4 is 34.3 Å². The zero-order valence-corrected chi connectivity index (χ0v) is 9.00. The number of rotatable bonds is 2. The molecule has 0 spiro atoms. The molecule has 2 rings (SSSR count). The Morgan fingerprint density at radius 3 is 2.81 bits per heavy atom. The summed E-state index contributed by atoms with van der Waals surface area (Å²) in [5.41, 5.74) is 1.08. The van der Waals surface area contributed by atoms with Crippen molar-refractivity contribution in [3.63, 3.8) is 0 Å². The maximum absolute atomic E-state index is 11.5. The van der Waals surface area contributed by atoms with Crippen molar-refractivity contribution < 1.29 is 14.7 Å². The summed E-state index contributed by atoms with van der Waals surface area (Å²) in [5.74, 6) is -2.44. The Kier molecular flexibility index (Phi) is 2.40. The van der Waals surface area contributed by atoms with E-state index in [9.17, 15) is 9.59 Å². The maximum Gasteiger partial charge on any atom is 0.377 e. The van der Waals surface area contributed by atoms with Crippen LogP contribution in [-0.2, 0) is 4.79 Å². The molecule has 0 aliphatic rings. The van der Waals surface area contributed by atoms with Crippen molar-refractivity contribution in [2.75, 3.05) is 0 Å². The van der Waals surface area contributed by atoms with Crippen molar-refractivity contribution in [2.24, 2.45) is 0 Å². The Labute approximate surface area is 95.1 Å². The van der Waals surface area contributed by atoms with Gasteiger partial charge in [-0.15, -0.1) is 0 Å². The molecule has 0 aliphatic carbocycles. The second kappa shape index (κ2) is 3.61. The number of carboxylic acid groups (broad SMARTS) is 1. The molecule has 0 saturated heterocycles. The van der Waals surface area contributed by atoms with Crippen LogP contribution < -0.4 is 0 Å². The van der Waals surface area contributed by atoms with E-state index >= 15 is 0 Å². The average Bonchev–Trinajstić information content (AvgIpc) is 2.55. The number of nitrogens with zero attached hydrogens (tertiary/aromatic N) is 1. The Morgan fingerprint density at radius 2 is 2.19 bits per heavy atom. The largest absolute Gasteiger partial charge is 0.475 e. The predicted octanol–water partition coefficient (Wildman–Crippen LogP) is 1.79. The first-order chi connectivity index (χ1) is 7.52. The van der Waals surface area contributed by atoms with Crippen molar-refractivity contribution in [3.05, 3.63) is 28.7 Å². The molecule has 2 N–H and O–H groups in total. The van der Waals surface area contributed by atoms with Crippen molar-refractivity contribution in [1.29, 1.82) is 0 Å². The molecule has 0 fully saturated rings. The van der Waals surface area contributed by atoms with Gasteiger partial charge in [-0.05, 0) is 13.0 Å². The fourth-order valence-electron chi connectivity index (χ4n) is 1.62. The van der Waals surface area contributed by atoms with Crippen molar-refractivity contribution in [1.82, 2.24) is 9.97 Å². The van der Waals surface area contributed by atoms with E-state index in [1.54, 1.807) is 13.0 Å². The molecule has 0 amide bonds. The number of carbonyl (C=O) groups excluding carboxylic acids is 1. The minimum Gasteiger partial charge on any atom is -0.475 e. The van der Waals surface area contributed by atoms with Gasteiger partial charge < -0.3 is 10.1 Å². The van der Waals surface area contributed by atoms with Gasteiger partial charge >= 0.3 is 5.97 Å². The summed E-state index contributed by atoms with van der Waals surface area (Å²) in [6.45, 7) is 1.62. The van der Waals surface area contributed by atoms with Gasteiger partial charge in [0.25, 0.3) is 5.78 Å². The van der Waals surface area contributed by atoms with Crippen LogP contribution in [0.5, 0.6) is 0 Å². The van der Waals surface area contributed by atoms with E-state index in [2.05, 4.69) is 9.97 Å². The van der Waals surface area contributed by atoms with Crippen LogP contribution in [0.3, 0.4) is 0 Å². The summed E-state index contributed by atoms with van der Waals surface area (Å²) in [6.07, 6.45) is 1.43. The zero-order chi connectivity index (χ0) is 11.9. The molecule has 0 atom stereocenters. The molecule has 0 radical (unpaired) electrons. The van der Waals surface area contributed by atoms with Gasteiger partial charge in [0, 0.05) is 17.3 Å². The topological polar surface area (TPSA) is 83.0 Å². The van der Waals surface area contributed by atoms with Gasteiger partial charge in [0.15, 0.2) is 5.15 Å². The number of H-pyrrole nitrogens is 1. The quantitative estimate of drug-likeness (QED) is 0.475. The van der Waals surface area contributed by atoms with Crippen LogP contribution in [0.2, 0.25) is 5.15 Å². The average molecular weight is 239 g/mol. The molecule has 5 nitrogen and oxygen atoms in total. The number of hydrogen-bond donors (Lipinski definition) is 2. The lowest BCUT2D eigenvalue weighted by Gasteiger charge is -1.95. The number of aromatic nitrogens is 2. The highest BCUT2D eigenvalue weighted by atomic mass is 35.5. The zero-order valence-electron chi connectivity index (χ0n) is 8.24. The van der Waals surface area contributed by atoms with Crippen LogP contribution in [0.25, 0.3) is 10.9 Å². The maximum atomic E-state index is 11.5. The number of pyridine rings is 1. The predicted molar refractivity (Wildman–Crippen MR) is 57.8 cm³/mol. The number of carboxylic acids is 1. The molecule has 0 saturated carbocycles. The summed E-state index contributed by atoms with van der Waals surface area (Å²) in [4.78, 5) is 28.8. The van der Waals surface area contributed by atoms with Crippen LogP contribution in [0.15, 0.2) is 12.3 Å². The number of halogens is 1. The minimum atomic E-state index is -1.49. The van der Waals surface area contributed by atoms with E-state index in [0.717, 1.165) is 0 Å². The lowest BCUT2D eigenvalue weighted by molar-refractivity contribution is -0.131. The van der Waals surface area contributed by atoms with Crippen molar-refractivity contribution in [3.8, 4) is 0 Å². The third kappa shape index (κ3) is 1.45. The van der Waals surface area contributed by atoms with Crippen molar-refractivity contribution in [2.45, 2.75) is 6.92 Å². The first-order valence-corrected chi connectivity index (χ1v) is 4.80. The summed E-state index contributed by atoms with van der Waals surface area (Å²) in [6, 6.07) is 1.56. The van der Waals surface area contributed by atoms with Gasteiger partial charge in [-0.25, -0.2) is 9.78 Å². The van der Waals surface area contributed by atoms with E-state index in [-0.39, 0.29) is 10.7 Å². The monoisotopic (exact) mass is 238 g/mol. The highest BCUT2D eigenvalue weighted by molar-refractivity contribution is 6.43. The first kappa shape index (κ1) is 10.6. The fraction of sp³-hybridized carbons (Fsp3) is 0.100. The number of Topliss-reactive ketones (excluding diaryl/α,β-unsaturated/α-hetero) is 1. The summed E-state index contributed by atoms with van der Waals surface area (Å²) in [7, 11) is 0. The molecule has 2 aromatic heterocycles. The molecule has 2 aromatic rings. The number of aliphatic carboxylic acids is 1. The SMILES string of the molecule is Cc1[nH]c2c(Cl)nccc2c1C(=O)C(=O)O. The third-order valence-corrected chi connectivity index (χ3v) is 2.57. The number of carbonyl (C=O) groups is 2. The van der Waals surface area contributed by atoms with E-state index in [4.69, 9.17) is 16.7 Å². The standard InChI is InChI=1S/C10H7ClN2O3/c1-4-6(8(14)10(15)16)5-2-3-12-9(11)7(5)13-4/h2-3,13H,1H3,(H,15,16). The Balaban J connectivity index is 2.80. The summed E-state index contributed by atoms with van der Waals surface area (Å²) in [5, 5.41) is 9.38. The second-order valence-electron chi connectivity index (χ2n) is 3.28. The second-order valence-corrected chi connectivity index (χ2v) is 3.64. The fourth-order valence-corrected chi connectivity index (χ4v) is 1.82. The number of ketones is 1. The van der Waals surface area contributed by atoms with Gasteiger partial charge in [0.1, 0.15) is 0 Å². The molecule has 16 heavy (non-hydrogen) atoms. The smallest absolute Gasteiger partial charge is 0.377 e. The molecule has 0 unspecified atom stereocenters. The molecule has 0 aromatic carbocycles. The lowest BCUT2D eigenvalue weighted by atomic mass is 10.1.